The standard InChI is InChI=1S/C16H20N2O/c1-12(17)10-11-16(19)18(2)15-9-5-7-13-6-3-4-8-14(13)15/h3-9,12H,10-11,17H2,1-2H3. The molecule has 3 heteroatoms. The summed E-state index contributed by atoms with van der Waals surface area (Å²) >= 11 is 0. The summed E-state index contributed by atoms with van der Waals surface area (Å²) in [5, 5.41) is 2.24. The maximum absolute atomic E-state index is 12.2. The van der Waals surface area contributed by atoms with Gasteiger partial charge in [0.15, 0.2) is 0 Å². The maximum atomic E-state index is 12.2. The average Bonchev–Trinajstić information content (AvgIpc) is 2.43. The first-order valence-electron chi connectivity index (χ1n) is 6.59. The third-order valence-electron chi connectivity index (χ3n) is 3.32. The number of carbonyl (C=O) groups is 1. The molecule has 0 fully saturated rings. The first-order valence-corrected chi connectivity index (χ1v) is 6.59. The Kier molecular flexibility index (Phi) is 4.17. The van der Waals surface area contributed by atoms with Crippen LogP contribution in [0, 0.1) is 0 Å². The van der Waals surface area contributed by atoms with Crippen molar-refractivity contribution in [2.24, 2.45) is 5.73 Å². The molecule has 0 aliphatic rings. The zero-order valence-corrected chi connectivity index (χ0v) is 11.5. The molecular weight excluding hydrogens is 236 g/mol. The van der Waals surface area contributed by atoms with Crippen molar-refractivity contribution in [1.82, 2.24) is 0 Å². The van der Waals surface area contributed by atoms with E-state index in [-0.39, 0.29) is 11.9 Å². The number of rotatable bonds is 4. The maximum Gasteiger partial charge on any atom is 0.226 e. The molecule has 0 spiro atoms. The number of hydrogen-bond donors (Lipinski definition) is 1. The minimum Gasteiger partial charge on any atom is -0.328 e. The molecule has 1 atom stereocenters. The van der Waals surface area contributed by atoms with E-state index in [1.165, 1.54) is 0 Å². The zero-order chi connectivity index (χ0) is 13.8. The number of anilines is 1. The van der Waals surface area contributed by atoms with Crippen molar-refractivity contribution in [2.45, 2.75) is 25.8 Å². The molecule has 0 heterocycles. The quantitative estimate of drug-likeness (QED) is 0.914. The van der Waals surface area contributed by atoms with Gasteiger partial charge in [0.1, 0.15) is 0 Å². The summed E-state index contributed by atoms with van der Waals surface area (Å²) in [6, 6.07) is 14.2. The van der Waals surface area contributed by atoms with Crippen LogP contribution < -0.4 is 10.6 Å². The summed E-state index contributed by atoms with van der Waals surface area (Å²) in [7, 11) is 1.82. The molecule has 0 saturated carbocycles. The van der Waals surface area contributed by atoms with Crippen LogP contribution in [-0.4, -0.2) is 19.0 Å². The highest BCUT2D eigenvalue weighted by Gasteiger charge is 2.13. The van der Waals surface area contributed by atoms with E-state index in [1.54, 1.807) is 4.90 Å². The summed E-state index contributed by atoms with van der Waals surface area (Å²) < 4.78 is 0. The fourth-order valence-corrected chi connectivity index (χ4v) is 2.15. The van der Waals surface area contributed by atoms with Crippen molar-refractivity contribution in [1.29, 1.82) is 0 Å². The van der Waals surface area contributed by atoms with E-state index in [1.807, 2.05) is 44.3 Å². The lowest BCUT2D eigenvalue weighted by atomic mass is 10.1. The number of fused-ring (bicyclic) bond motifs is 1. The van der Waals surface area contributed by atoms with Gasteiger partial charge in [-0.3, -0.25) is 4.79 Å². The fourth-order valence-electron chi connectivity index (χ4n) is 2.15. The van der Waals surface area contributed by atoms with E-state index < -0.39 is 0 Å². The van der Waals surface area contributed by atoms with Gasteiger partial charge in [0.25, 0.3) is 0 Å². The lowest BCUT2D eigenvalue weighted by Crippen LogP contribution is -2.28. The highest BCUT2D eigenvalue weighted by molar-refractivity contribution is 6.03. The largest absolute Gasteiger partial charge is 0.328 e. The molecule has 3 nitrogen and oxygen atoms in total. The Morgan fingerprint density at radius 1 is 1.21 bits per heavy atom. The number of hydrogen-bond acceptors (Lipinski definition) is 2. The monoisotopic (exact) mass is 256 g/mol. The molecule has 1 unspecified atom stereocenters. The molecular formula is C16H20N2O. The van der Waals surface area contributed by atoms with E-state index in [9.17, 15) is 4.79 Å². The number of benzene rings is 2. The summed E-state index contributed by atoms with van der Waals surface area (Å²) in [6.45, 7) is 1.92. The van der Waals surface area contributed by atoms with Gasteiger partial charge in [0.05, 0.1) is 5.69 Å². The molecule has 0 bridgehead atoms. The highest BCUT2D eigenvalue weighted by Crippen LogP contribution is 2.26. The minimum atomic E-state index is 0.0601. The van der Waals surface area contributed by atoms with Crippen LogP contribution in [0.4, 0.5) is 5.69 Å². The van der Waals surface area contributed by atoms with Crippen LogP contribution in [0.1, 0.15) is 19.8 Å². The Bertz CT molecular complexity index is 572. The molecule has 0 radical (unpaired) electrons. The molecule has 2 aromatic carbocycles. The topological polar surface area (TPSA) is 46.3 Å². The second-order valence-corrected chi connectivity index (χ2v) is 4.97. The molecule has 0 aliphatic heterocycles. The van der Waals surface area contributed by atoms with Crippen LogP contribution in [0.5, 0.6) is 0 Å². The van der Waals surface area contributed by atoms with E-state index in [0.717, 1.165) is 16.5 Å². The summed E-state index contributed by atoms with van der Waals surface area (Å²) in [5.41, 5.74) is 6.65. The van der Waals surface area contributed by atoms with Gasteiger partial charge in [0, 0.05) is 24.9 Å². The summed E-state index contributed by atoms with van der Waals surface area (Å²) in [5.74, 6) is 0.105. The van der Waals surface area contributed by atoms with Crippen molar-refractivity contribution >= 4 is 22.4 Å². The van der Waals surface area contributed by atoms with Gasteiger partial charge in [-0.15, -0.1) is 0 Å². The molecule has 19 heavy (non-hydrogen) atoms. The van der Waals surface area contributed by atoms with Crippen LogP contribution in [0.15, 0.2) is 42.5 Å². The minimum absolute atomic E-state index is 0.0601. The fraction of sp³-hybridized carbons (Fsp3) is 0.312. The van der Waals surface area contributed by atoms with Crippen molar-refractivity contribution in [3.63, 3.8) is 0 Å². The molecule has 2 aromatic rings. The van der Waals surface area contributed by atoms with Gasteiger partial charge >= 0.3 is 0 Å². The van der Waals surface area contributed by atoms with Gasteiger partial charge in [-0.05, 0) is 24.8 Å². The molecule has 100 valence electrons. The predicted octanol–water partition coefficient (Wildman–Crippen LogP) is 2.93. The predicted molar refractivity (Wildman–Crippen MR) is 80.2 cm³/mol. The number of nitrogens with two attached hydrogens (primary N) is 1. The van der Waals surface area contributed by atoms with Crippen molar-refractivity contribution in [2.75, 3.05) is 11.9 Å². The van der Waals surface area contributed by atoms with Crippen molar-refractivity contribution in [3.05, 3.63) is 42.5 Å². The summed E-state index contributed by atoms with van der Waals surface area (Å²) in [4.78, 5) is 13.9. The number of nitrogens with zero attached hydrogens (tertiary/aromatic N) is 1. The zero-order valence-electron chi connectivity index (χ0n) is 11.5. The van der Waals surface area contributed by atoms with Gasteiger partial charge in [0.2, 0.25) is 5.91 Å². The van der Waals surface area contributed by atoms with E-state index in [0.29, 0.717) is 12.8 Å². The Morgan fingerprint density at radius 3 is 2.63 bits per heavy atom. The first kappa shape index (κ1) is 13.6. The second kappa shape index (κ2) is 5.85. The molecule has 0 saturated heterocycles. The molecule has 2 rings (SSSR count). The molecule has 2 N–H and O–H groups in total. The molecule has 0 aliphatic carbocycles. The van der Waals surface area contributed by atoms with Gasteiger partial charge in [-0.25, -0.2) is 0 Å². The van der Waals surface area contributed by atoms with Crippen LogP contribution in [-0.2, 0) is 4.79 Å². The first-order chi connectivity index (χ1) is 9.09. The Hall–Kier alpha value is -1.87. The Labute approximate surface area is 114 Å². The number of amides is 1. The van der Waals surface area contributed by atoms with E-state index >= 15 is 0 Å². The second-order valence-electron chi connectivity index (χ2n) is 4.97. The van der Waals surface area contributed by atoms with Gasteiger partial charge in [-0.1, -0.05) is 36.4 Å². The Morgan fingerprint density at radius 2 is 1.89 bits per heavy atom. The Balaban J connectivity index is 2.26. The van der Waals surface area contributed by atoms with Crippen LogP contribution in [0.25, 0.3) is 10.8 Å². The van der Waals surface area contributed by atoms with Gasteiger partial charge < -0.3 is 10.6 Å². The SMILES string of the molecule is CC(N)CCC(=O)N(C)c1cccc2ccccc12. The summed E-state index contributed by atoms with van der Waals surface area (Å²) in [6.07, 6.45) is 1.20. The van der Waals surface area contributed by atoms with Crippen LogP contribution in [0.2, 0.25) is 0 Å². The highest BCUT2D eigenvalue weighted by atomic mass is 16.2. The molecule has 1 amide bonds. The average molecular weight is 256 g/mol. The normalized spacial score (nSPS) is 12.4. The van der Waals surface area contributed by atoms with Gasteiger partial charge in [-0.2, -0.15) is 0 Å². The molecule has 0 aromatic heterocycles. The third kappa shape index (κ3) is 3.12. The lowest BCUT2D eigenvalue weighted by molar-refractivity contribution is -0.118. The van der Waals surface area contributed by atoms with Crippen molar-refractivity contribution < 1.29 is 4.79 Å². The van der Waals surface area contributed by atoms with E-state index in [4.69, 9.17) is 5.73 Å². The van der Waals surface area contributed by atoms with Crippen LogP contribution in [0.3, 0.4) is 0 Å². The third-order valence-corrected chi connectivity index (χ3v) is 3.32. The lowest BCUT2D eigenvalue weighted by Gasteiger charge is -2.20. The van der Waals surface area contributed by atoms with Crippen LogP contribution >= 0.6 is 0 Å². The smallest absolute Gasteiger partial charge is 0.226 e. The van der Waals surface area contributed by atoms with E-state index in [2.05, 4.69) is 12.1 Å². The number of carbonyl (C=O) groups excluding carboxylic acids is 1. The van der Waals surface area contributed by atoms with Crippen molar-refractivity contribution in [3.8, 4) is 0 Å².